The molecule has 6 nitrogen and oxygen atoms in total. The van der Waals surface area contributed by atoms with Gasteiger partial charge in [-0.15, -0.1) is 10.2 Å². The van der Waals surface area contributed by atoms with Crippen molar-refractivity contribution in [1.29, 1.82) is 0 Å². The molecule has 0 saturated heterocycles. The monoisotopic (exact) mass is 352 g/mol. The molecule has 0 atom stereocenters. The van der Waals surface area contributed by atoms with Crippen LogP contribution in [-0.4, -0.2) is 25.4 Å². The molecule has 0 amide bonds. The maximum absolute atomic E-state index is 13.7. The van der Waals surface area contributed by atoms with Crippen molar-refractivity contribution in [2.45, 2.75) is 6.42 Å². The van der Waals surface area contributed by atoms with E-state index in [2.05, 4.69) is 15.2 Å². The lowest BCUT2D eigenvalue weighted by molar-refractivity contribution is 0.0987. The van der Waals surface area contributed by atoms with Gasteiger partial charge < -0.3 is 0 Å². The van der Waals surface area contributed by atoms with Crippen molar-refractivity contribution < 1.29 is 13.6 Å². The number of rotatable bonds is 3. The van der Waals surface area contributed by atoms with Gasteiger partial charge in [0.05, 0.1) is 17.5 Å². The van der Waals surface area contributed by atoms with E-state index in [1.807, 2.05) is 0 Å². The van der Waals surface area contributed by atoms with Crippen molar-refractivity contribution >= 4 is 22.3 Å². The Bertz CT molecular complexity index is 1240. The summed E-state index contributed by atoms with van der Waals surface area (Å²) in [5.41, 5.74) is -0.250. The number of hydrogen-bond acceptors (Lipinski definition) is 5. The lowest BCUT2D eigenvalue weighted by atomic mass is 10.1. The first-order valence-electron chi connectivity index (χ1n) is 7.64. The molecule has 0 N–H and O–H groups in total. The van der Waals surface area contributed by atoms with Gasteiger partial charge in [0.1, 0.15) is 23.7 Å². The molecule has 26 heavy (non-hydrogen) atoms. The standard InChI is InChI=1S/C18H10F2N4O2/c19-10-5-6-13(20)12(7-10)16(25)8-15-18(26)24-9-21-14-4-2-1-3-11(14)17(24)23-22-15/h1-7,9H,8H2. The number of carbonyl (C=O) groups is 1. The number of aromatic nitrogens is 4. The summed E-state index contributed by atoms with van der Waals surface area (Å²) in [7, 11) is 0. The predicted molar refractivity (Wildman–Crippen MR) is 89.0 cm³/mol. The van der Waals surface area contributed by atoms with E-state index in [9.17, 15) is 18.4 Å². The van der Waals surface area contributed by atoms with Crippen molar-refractivity contribution in [1.82, 2.24) is 19.6 Å². The number of carbonyl (C=O) groups excluding carboxylic acids is 1. The summed E-state index contributed by atoms with van der Waals surface area (Å²) in [5.74, 6) is -2.37. The van der Waals surface area contributed by atoms with Gasteiger partial charge in [-0.3, -0.25) is 9.59 Å². The Morgan fingerprint density at radius 3 is 2.73 bits per heavy atom. The first kappa shape index (κ1) is 15.9. The van der Waals surface area contributed by atoms with Crippen LogP contribution in [0.4, 0.5) is 8.78 Å². The third-order valence-electron chi connectivity index (χ3n) is 3.97. The second-order valence-electron chi connectivity index (χ2n) is 5.63. The van der Waals surface area contributed by atoms with Gasteiger partial charge in [-0.05, 0) is 30.3 Å². The number of hydrogen-bond donors (Lipinski definition) is 0. The molecule has 0 spiro atoms. The van der Waals surface area contributed by atoms with Crippen LogP contribution >= 0.6 is 0 Å². The lowest BCUT2D eigenvalue weighted by Crippen LogP contribution is -2.24. The van der Waals surface area contributed by atoms with E-state index in [1.165, 1.54) is 10.7 Å². The van der Waals surface area contributed by atoms with Crippen LogP contribution in [0.15, 0.2) is 53.6 Å². The maximum atomic E-state index is 13.7. The molecular weight excluding hydrogens is 342 g/mol. The quantitative estimate of drug-likeness (QED) is 0.418. The van der Waals surface area contributed by atoms with Gasteiger partial charge in [-0.1, -0.05) is 12.1 Å². The van der Waals surface area contributed by atoms with Gasteiger partial charge in [0.25, 0.3) is 5.56 Å². The average Bonchev–Trinajstić information content (AvgIpc) is 2.65. The largest absolute Gasteiger partial charge is 0.294 e. The zero-order valence-corrected chi connectivity index (χ0v) is 13.2. The number of benzene rings is 2. The number of Topliss-reactive ketones (excluding diaryl/α,β-unsaturated/α-hetero) is 1. The van der Waals surface area contributed by atoms with E-state index in [0.29, 0.717) is 16.6 Å². The van der Waals surface area contributed by atoms with Crippen LogP contribution in [0.2, 0.25) is 0 Å². The fourth-order valence-corrected chi connectivity index (χ4v) is 2.69. The normalized spacial score (nSPS) is 11.2. The summed E-state index contributed by atoms with van der Waals surface area (Å²) in [4.78, 5) is 29.0. The first-order chi connectivity index (χ1) is 12.5. The van der Waals surface area contributed by atoms with Gasteiger partial charge in [-0.2, -0.15) is 0 Å². The molecule has 8 heteroatoms. The zero-order valence-electron chi connectivity index (χ0n) is 13.2. The third-order valence-corrected chi connectivity index (χ3v) is 3.97. The fraction of sp³-hybridized carbons (Fsp3) is 0.0556. The molecule has 0 bridgehead atoms. The van der Waals surface area contributed by atoms with E-state index >= 15 is 0 Å². The van der Waals surface area contributed by atoms with E-state index in [-0.39, 0.29) is 5.69 Å². The molecule has 0 aliphatic carbocycles. The van der Waals surface area contributed by atoms with Gasteiger partial charge >= 0.3 is 0 Å². The molecule has 2 aromatic heterocycles. The molecule has 2 aromatic carbocycles. The molecule has 0 saturated carbocycles. The smallest absolute Gasteiger partial charge is 0.281 e. The Hall–Kier alpha value is -3.55. The highest BCUT2D eigenvalue weighted by molar-refractivity contribution is 5.97. The molecule has 0 aliphatic heterocycles. The Kier molecular flexibility index (Phi) is 3.72. The van der Waals surface area contributed by atoms with Crippen molar-refractivity contribution in [2.75, 3.05) is 0 Å². The Morgan fingerprint density at radius 2 is 1.88 bits per heavy atom. The van der Waals surface area contributed by atoms with Gasteiger partial charge in [0, 0.05) is 5.39 Å². The van der Waals surface area contributed by atoms with Gasteiger partial charge in [0.2, 0.25) is 0 Å². The molecule has 4 rings (SSSR count). The number of ketones is 1. The first-order valence-corrected chi connectivity index (χ1v) is 7.64. The Labute approximate surface area is 144 Å². The van der Waals surface area contributed by atoms with Gasteiger partial charge in [0.15, 0.2) is 11.4 Å². The third kappa shape index (κ3) is 2.61. The number of para-hydroxylation sites is 1. The van der Waals surface area contributed by atoms with Crippen LogP contribution in [0.5, 0.6) is 0 Å². The van der Waals surface area contributed by atoms with Crippen LogP contribution in [0.25, 0.3) is 16.6 Å². The van der Waals surface area contributed by atoms with Crippen molar-refractivity contribution in [2.24, 2.45) is 0 Å². The summed E-state index contributed by atoms with van der Waals surface area (Å²) in [6, 6.07) is 9.66. The predicted octanol–water partition coefficient (Wildman–Crippen LogP) is 2.34. The van der Waals surface area contributed by atoms with E-state index < -0.39 is 35.0 Å². The summed E-state index contributed by atoms with van der Waals surface area (Å²) < 4.78 is 28.2. The van der Waals surface area contributed by atoms with Crippen LogP contribution in [0.3, 0.4) is 0 Å². The summed E-state index contributed by atoms with van der Waals surface area (Å²) >= 11 is 0. The highest BCUT2D eigenvalue weighted by Gasteiger charge is 2.18. The molecule has 2 heterocycles. The second kappa shape index (κ2) is 6.07. The topological polar surface area (TPSA) is 77.2 Å². The molecule has 0 fully saturated rings. The Balaban J connectivity index is 1.79. The minimum Gasteiger partial charge on any atom is -0.294 e. The van der Waals surface area contributed by atoms with Crippen LogP contribution in [0.1, 0.15) is 16.1 Å². The molecule has 0 unspecified atom stereocenters. The number of halogens is 2. The summed E-state index contributed by atoms with van der Waals surface area (Å²) in [5, 5.41) is 8.47. The molecule has 128 valence electrons. The molecule has 4 aromatic rings. The van der Waals surface area contributed by atoms with E-state index in [4.69, 9.17) is 0 Å². The second-order valence-corrected chi connectivity index (χ2v) is 5.63. The zero-order chi connectivity index (χ0) is 18.3. The Morgan fingerprint density at radius 1 is 1.08 bits per heavy atom. The number of nitrogens with zero attached hydrogens (tertiary/aromatic N) is 4. The molecule has 0 radical (unpaired) electrons. The van der Waals surface area contributed by atoms with Crippen LogP contribution < -0.4 is 5.56 Å². The molecular formula is C18H10F2N4O2. The highest BCUT2D eigenvalue weighted by Crippen LogP contribution is 2.15. The van der Waals surface area contributed by atoms with Crippen molar-refractivity contribution in [3.63, 3.8) is 0 Å². The van der Waals surface area contributed by atoms with E-state index in [0.717, 1.165) is 18.2 Å². The lowest BCUT2D eigenvalue weighted by Gasteiger charge is -2.06. The van der Waals surface area contributed by atoms with Crippen molar-refractivity contribution in [3.05, 3.63) is 82.0 Å². The highest BCUT2D eigenvalue weighted by atomic mass is 19.1. The minimum absolute atomic E-state index is 0.173. The van der Waals surface area contributed by atoms with Crippen molar-refractivity contribution in [3.8, 4) is 0 Å². The maximum Gasteiger partial charge on any atom is 0.281 e. The number of fused-ring (bicyclic) bond motifs is 3. The minimum atomic E-state index is -0.863. The summed E-state index contributed by atoms with van der Waals surface area (Å²) in [6.45, 7) is 0. The SMILES string of the molecule is O=C(Cc1nnc2c3ccccc3ncn2c1=O)c1cc(F)ccc1F. The average molecular weight is 352 g/mol. The fourth-order valence-electron chi connectivity index (χ4n) is 2.69. The van der Waals surface area contributed by atoms with Crippen LogP contribution in [0, 0.1) is 11.6 Å². The summed E-state index contributed by atoms with van der Waals surface area (Å²) in [6.07, 6.45) is 0.799. The van der Waals surface area contributed by atoms with Crippen LogP contribution in [-0.2, 0) is 6.42 Å². The molecule has 0 aliphatic rings. The van der Waals surface area contributed by atoms with Gasteiger partial charge in [-0.25, -0.2) is 18.2 Å². The van der Waals surface area contributed by atoms with E-state index in [1.54, 1.807) is 24.3 Å².